The Kier molecular flexibility index (Phi) is 5.50. The first-order valence-electron chi connectivity index (χ1n) is 3.36. The molecule has 5 heteroatoms. The topological polar surface area (TPSA) is 65.0 Å². The van der Waals surface area contributed by atoms with Gasteiger partial charge < -0.3 is 9.47 Å². The van der Waals surface area contributed by atoms with E-state index in [1.54, 1.807) is 13.8 Å². The number of hydrogen-bond donors (Lipinski definition) is 0. The number of carbonyl (C=O) groups excluding carboxylic acids is 1. The number of amides is 1. The summed E-state index contributed by atoms with van der Waals surface area (Å²) in [5, 5.41) is 2.19. The van der Waals surface area contributed by atoms with Crippen molar-refractivity contribution >= 4 is 5.91 Å². The highest BCUT2D eigenvalue weighted by molar-refractivity contribution is 5.80. The van der Waals surface area contributed by atoms with Crippen LogP contribution < -0.4 is 0 Å². The standard InChI is InChI=1S/C6H11NO4/c1-3-10-6(11-4-2)5(8)7-9/h6H,3-4H2,1-2H3. The van der Waals surface area contributed by atoms with Crippen molar-refractivity contribution in [3.05, 3.63) is 4.91 Å². The lowest BCUT2D eigenvalue weighted by Gasteiger charge is -2.10. The van der Waals surface area contributed by atoms with E-state index in [0.29, 0.717) is 13.2 Å². The van der Waals surface area contributed by atoms with Crippen molar-refractivity contribution in [2.75, 3.05) is 13.2 Å². The summed E-state index contributed by atoms with van der Waals surface area (Å²) in [5.74, 6) is -0.922. The lowest BCUT2D eigenvalue weighted by Crippen LogP contribution is -2.25. The first kappa shape index (κ1) is 10.2. The van der Waals surface area contributed by atoms with Crippen LogP contribution >= 0.6 is 0 Å². The van der Waals surface area contributed by atoms with Gasteiger partial charge in [0, 0.05) is 18.4 Å². The Hall–Kier alpha value is -0.810. The second-order valence-electron chi connectivity index (χ2n) is 1.67. The second-order valence-corrected chi connectivity index (χ2v) is 1.67. The fraction of sp³-hybridized carbons (Fsp3) is 0.833. The summed E-state index contributed by atoms with van der Waals surface area (Å²) < 4.78 is 9.54. The van der Waals surface area contributed by atoms with E-state index >= 15 is 0 Å². The van der Waals surface area contributed by atoms with Crippen molar-refractivity contribution in [2.45, 2.75) is 20.1 Å². The van der Waals surface area contributed by atoms with Crippen molar-refractivity contribution in [1.29, 1.82) is 0 Å². The molecular formula is C6H11NO4. The van der Waals surface area contributed by atoms with Crippen molar-refractivity contribution in [3.63, 3.8) is 0 Å². The van der Waals surface area contributed by atoms with Gasteiger partial charge in [0.05, 0.1) is 0 Å². The molecule has 0 heterocycles. The van der Waals surface area contributed by atoms with E-state index in [0.717, 1.165) is 0 Å². The minimum Gasteiger partial charge on any atom is -0.345 e. The largest absolute Gasteiger partial charge is 0.345 e. The average molecular weight is 161 g/mol. The monoisotopic (exact) mass is 161 g/mol. The number of rotatable bonds is 5. The Bertz CT molecular complexity index is 131. The first-order valence-corrected chi connectivity index (χ1v) is 3.36. The smallest absolute Gasteiger partial charge is 0.342 e. The minimum atomic E-state index is -1.12. The summed E-state index contributed by atoms with van der Waals surface area (Å²) in [6.07, 6.45) is -1.12. The summed E-state index contributed by atoms with van der Waals surface area (Å²) in [6, 6.07) is 0. The van der Waals surface area contributed by atoms with Crippen LogP contribution in [0.15, 0.2) is 5.18 Å². The summed E-state index contributed by atoms with van der Waals surface area (Å²) in [6.45, 7) is 4.02. The van der Waals surface area contributed by atoms with E-state index in [1.165, 1.54) is 0 Å². The summed E-state index contributed by atoms with van der Waals surface area (Å²) in [4.78, 5) is 20.3. The average Bonchev–Trinajstić information content (AvgIpc) is 2.03. The molecule has 1 amide bonds. The molecule has 0 aromatic heterocycles. The lowest BCUT2D eigenvalue weighted by atomic mass is 10.6. The Morgan fingerprint density at radius 3 is 2.09 bits per heavy atom. The van der Waals surface area contributed by atoms with Crippen molar-refractivity contribution < 1.29 is 14.3 Å². The van der Waals surface area contributed by atoms with Crippen LogP contribution in [0.5, 0.6) is 0 Å². The fourth-order valence-electron chi connectivity index (χ4n) is 0.536. The third-order valence-electron chi connectivity index (χ3n) is 0.928. The fourth-order valence-corrected chi connectivity index (χ4v) is 0.536. The molecule has 0 unspecified atom stereocenters. The molecule has 0 rings (SSSR count). The quantitative estimate of drug-likeness (QED) is 0.439. The van der Waals surface area contributed by atoms with Gasteiger partial charge in [-0.3, -0.25) is 4.79 Å². The van der Waals surface area contributed by atoms with E-state index in [2.05, 4.69) is 5.18 Å². The Morgan fingerprint density at radius 1 is 1.36 bits per heavy atom. The molecule has 0 fully saturated rings. The normalized spacial score (nSPS) is 10.1. The van der Waals surface area contributed by atoms with Crippen LogP contribution in [0.4, 0.5) is 0 Å². The van der Waals surface area contributed by atoms with Crippen LogP contribution in [0.1, 0.15) is 13.8 Å². The van der Waals surface area contributed by atoms with Crippen LogP contribution in [0.2, 0.25) is 0 Å². The summed E-state index contributed by atoms with van der Waals surface area (Å²) >= 11 is 0. The summed E-state index contributed by atoms with van der Waals surface area (Å²) in [5.41, 5.74) is 0. The molecule has 0 atom stereocenters. The SMILES string of the molecule is CCOC(OCC)C(=O)N=O. The van der Waals surface area contributed by atoms with Crippen molar-refractivity contribution in [1.82, 2.24) is 0 Å². The van der Waals surface area contributed by atoms with Crippen LogP contribution in [-0.2, 0) is 14.3 Å². The molecule has 0 radical (unpaired) electrons. The molecule has 64 valence electrons. The first-order chi connectivity index (χ1) is 5.26. The Balaban J connectivity index is 3.86. The molecule has 0 aromatic carbocycles. The van der Waals surface area contributed by atoms with Crippen LogP contribution in [0.25, 0.3) is 0 Å². The van der Waals surface area contributed by atoms with E-state index in [1.807, 2.05) is 0 Å². The van der Waals surface area contributed by atoms with E-state index in [-0.39, 0.29) is 0 Å². The highest BCUT2D eigenvalue weighted by Gasteiger charge is 2.18. The molecular weight excluding hydrogens is 150 g/mol. The molecule has 0 aliphatic carbocycles. The minimum absolute atomic E-state index is 0.311. The second kappa shape index (κ2) is 5.94. The van der Waals surface area contributed by atoms with Crippen molar-refractivity contribution in [3.8, 4) is 0 Å². The zero-order valence-corrected chi connectivity index (χ0v) is 6.57. The van der Waals surface area contributed by atoms with E-state index < -0.39 is 12.2 Å². The van der Waals surface area contributed by atoms with Crippen LogP contribution in [0, 0.1) is 4.91 Å². The van der Waals surface area contributed by atoms with Gasteiger partial charge in [-0.1, -0.05) is 0 Å². The summed E-state index contributed by atoms with van der Waals surface area (Å²) in [7, 11) is 0. The number of nitrogens with zero attached hydrogens (tertiary/aromatic N) is 1. The van der Waals surface area contributed by atoms with Gasteiger partial charge in [-0.2, -0.15) is 0 Å². The molecule has 11 heavy (non-hydrogen) atoms. The zero-order valence-electron chi connectivity index (χ0n) is 6.57. The van der Waals surface area contributed by atoms with Crippen molar-refractivity contribution in [2.24, 2.45) is 5.18 Å². The Labute approximate surface area is 64.6 Å². The maximum absolute atomic E-state index is 10.6. The third-order valence-corrected chi connectivity index (χ3v) is 0.928. The molecule has 0 saturated heterocycles. The van der Waals surface area contributed by atoms with Gasteiger partial charge in [0.25, 0.3) is 0 Å². The molecule has 0 aromatic rings. The number of carbonyl (C=O) groups is 1. The maximum Gasteiger partial charge on any atom is 0.342 e. The molecule has 0 N–H and O–H groups in total. The predicted octanol–water partition coefficient (Wildman–Crippen LogP) is 0.678. The van der Waals surface area contributed by atoms with Gasteiger partial charge in [0.1, 0.15) is 0 Å². The number of ether oxygens (including phenoxy) is 2. The van der Waals surface area contributed by atoms with Gasteiger partial charge in [-0.25, -0.2) is 0 Å². The highest BCUT2D eigenvalue weighted by atomic mass is 16.7. The molecule has 5 nitrogen and oxygen atoms in total. The van der Waals surface area contributed by atoms with Gasteiger partial charge in [0.15, 0.2) is 0 Å². The molecule has 0 saturated carbocycles. The van der Waals surface area contributed by atoms with Crippen LogP contribution in [-0.4, -0.2) is 25.4 Å². The van der Waals surface area contributed by atoms with Gasteiger partial charge in [-0.05, 0) is 13.8 Å². The molecule has 0 aliphatic rings. The van der Waals surface area contributed by atoms with Gasteiger partial charge >= 0.3 is 5.91 Å². The third kappa shape index (κ3) is 3.79. The number of nitroso groups, excluding NO2 is 1. The predicted molar refractivity (Wildman–Crippen MR) is 37.8 cm³/mol. The van der Waals surface area contributed by atoms with Gasteiger partial charge in [-0.15, -0.1) is 4.91 Å². The molecule has 0 bridgehead atoms. The van der Waals surface area contributed by atoms with E-state index in [4.69, 9.17) is 9.47 Å². The lowest BCUT2D eigenvalue weighted by molar-refractivity contribution is -0.166. The molecule has 0 spiro atoms. The Morgan fingerprint density at radius 2 is 1.82 bits per heavy atom. The number of hydrogen-bond acceptors (Lipinski definition) is 4. The van der Waals surface area contributed by atoms with Gasteiger partial charge in [0.2, 0.25) is 6.29 Å². The molecule has 0 aliphatic heterocycles. The zero-order chi connectivity index (χ0) is 8.69. The highest BCUT2D eigenvalue weighted by Crippen LogP contribution is 1.97. The van der Waals surface area contributed by atoms with E-state index in [9.17, 15) is 9.70 Å². The maximum atomic E-state index is 10.6. The van der Waals surface area contributed by atoms with Crippen LogP contribution in [0.3, 0.4) is 0 Å².